The maximum absolute atomic E-state index is 11.8. The molecular formula is C12H12BrNO3S. The van der Waals surface area contributed by atoms with Gasteiger partial charge in [0.15, 0.2) is 0 Å². The molecular weight excluding hydrogens is 318 g/mol. The van der Waals surface area contributed by atoms with Crippen LogP contribution in [0.2, 0.25) is 0 Å². The van der Waals surface area contributed by atoms with Crippen LogP contribution in [0, 0.1) is 5.92 Å². The minimum atomic E-state index is -0.823. The zero-order valence-corrected chi connectivity index (χ0v) is 11.9. The Morgan fingerprint density at radius 2 is 2.28 bits per heavy atom. The van der Waals surface area contributed by atoms with Crippen LogP contribution < -0.4 is 0 Å². The molecule has 0 saturated carbocycles. The van der Waals surface area contributed by atoms with E-state index in [1.807, 2.05) is 12.1 Å². The fourth-order valence-corrected chi connectivity index (χ4v) is 3.17. The molecule has 1 atom stereocenters. The molecule has 0 spiro atoms. The van der Waals surface area contributed by atoms with Gasteiger partial charge in [-0.1, -0.05) is 0 Å². The molecule has 1 aromatic heterocycles. The largest absolute Gasteiger partial charge is 0.481 e. The average molecular weight is 330 g/mol. The first-order valence-corrected chi connectivity index (χ1v) is 7.12. The Bertz CT molecular complexity index is 497. The van der Waals surface area contributed by atoms with Gasteiger partial charge in [-0.25, -0.2) is 0 Å². The van der Waals surface area contributed by atoms with Crippen molar-refractivity contribution >= 4 is 45.2 Å². The molecule has 1 saturated heterocycles. The highest BCUT2D eigenvalue weighted by Crippen LogP contribution is 2.23. The predicted octanol–water partition coefficient (Wildman–Crippen LogP) is 2.46. The smallest absolute Gasteiger partial charge is 0.308 e. The summed E-state index contributed by atoms with van der Waals surface area (Å²) >= 11 is 4.90. The molecule has 18 heavy (non-hydrogen) atoms. The van der Waals surface area contributed by atoms with E-state index in [1.165, 1.54) is 6.08 Å². The van der Waals surface area contributed by atoms with E-state index < -0.39 is 11.9 Å². The minimum Gasteiger partial charge on any atom is -0.481 e. The Morgan fingerprint density at radius 3 is 2.83 bits per heavy atom. The van der Waals surface area contributed by atoms with Gasteiger partial charge in [-0.3, -0.25) is 9.59 Å². The van der Waals surface area contributed by atoms with Crippen LogP contribution in [0.4, 0.5) is 0 Å². The Kier molecular flexibility index (Phi) is 4.19. The highest BCUT2D eigenvalue weighted by atomic mass is 79.9. The van der Waals surface area contributed by atoms with Crippen LogP contribution in [0.25, 0.3) is 6.08 Å². The Labute approximate surface area is 117 Å². The zero-order valence-electron chi connectivity index (χ0n) is 9.51. The van der Waals surface area contributed by atoms with E-state index >= 15 is 0 Å². The van der Waals surface area contributed by atoms with Crippen molar-refractivity contribution in [3.05, 3.63) is 26.9 Å². The van der Waals surface area contributed by atoms with Crippen molar-refractivity contribution in [1.29, 1.82) is 0 Å². The first-order chi connectivity index (χ1) is 8.56. The van der Waals surface area contributed by atoms with Gasteiger partial charge in [0.2, 0.25) is 5.91 Å². The SMILES string of the molecule is O=C(O)[C@H]1CCN(C(=O)/C=C/c2ccc(Br)s2)C1. The third-order valence-corrected chi connectivity index (χ3v) is 4.42. The second-order valence-corrected chi connectivity index (χ2v) is 6.58. The number of likely N-dealkylation sites (tertiary alicyclic amines) is 1. The zero-order chi connectivity index (χ0) is 13.1. The van der Waals surface area contributed by atoms with Crippen LogP contribution >= 0.6 is 27.3 Å². The lowest BCUT2D eigenvalue weighted by molar-refractivity contribution is -0.141. The highest BCUT2D eigenvalue weighted by molar-refractivity contribution is 9.11. The van der Waals surface area contributed by atoms with Crippen LogP contribution in [0.5, 0.6) is 0 Å². The second-order valence-electron chi connectivity index (χ2n) is 4.08. The number of carboxylic acids is 1. The standard InChI is InChI=1S/C12H12BrNO3S/c13-10-3-1-9(18-10)2-4-11(15)14-6-5-8(7-14)12(16)17/h1-4,8H,5-7H2,(H,16,17)/b4-2+/t8-/m0/s1. The van der Waals surface area contributed by atoms with E-state index in [0.29, 0.717) is 19.5 Å². The molecule has 1 aromatic rings. The van der Waals surface area contributed by atoms with Crippen LogP contribution in [-0.4, -0.2) is 35.0 Å². The van der Waals surface area contributed by atoms with Gasteiger partial charge < -0.3 is 10.0 Å². The molecule has 96 valence electrons. The van der Waals surface area contributed by atoms with Crippen molar-refractivity contribution in [3.8, 4) is 0 Å². The Hall–Kier alpha value is -1.14. The van der Waals surface area contributed by atoms with Crippen LogP contribution in [0.3, 0.4) is 0 Å². The second kappa shape index (κ2) is 5.67. The monoisotopic (exact) mass is 329 g/mol. The fraction of sp³-hybridized carbons (Fsp3) is 0.333. The highest BCUT2D eigenvalue weighted by Gasteiger charge is 2.29. The third kappa shape index (κ3) is 3.20. The predicted molar refractivity (Wildman–Crippen MR) is 73.4 cm³/mol. The molecule has 6 heteroatoms. The number of carboxylic acid groups (broad SMARTS) is 1. The molecule has 0 unspecified atom stereocenters. The van der Waals surface area contributed by atoms with Gasteiger partial charge in [0.1, 0.15) is 0 Å². The summed E-state index contributed by atoms with van der Waals surface area (Å²) in [7, 11) is 0. The molecule has 1 aliphatic rings. The van der Waals surface area contributed by atoms with Crippen molar-refractivity contribution in [1.82, 2.24) is 4.90 Å². The maximum atomic E-state index is 11.8. The Balaban J connectivity index is 1.93. The maximum Gasteiger partial charge on any atom is 0.308 e. The van der Waals surface area contributed by atoms with Gasteiger partial charge >= 0.3 is 5.97 Å². The number of aliphatic carboxylic acids is 1. The van der Waals surface area contributed by atoms with E-state index in [-0.39, 0.29) is 5.91 Å². The first-order valence-electron chi connectivity index (χ1n) is 5.51. The molecule has 4 nitrogen and oxygen atoms in total. The van der Waals surface area contributed by atoms with Gasteiger partial charge in [-0.15, -0.1) is 11.3 Å². The molecule has 0 radical (unpaired) electrons. The van der Waals surface area contributed by atoms with Crippen molar-refractivity contribution in [3.63, 3.8) is 0 Å². The van der Waals surface area contributed by atoms with Crippen LogP contribution in [0.1, 0.15) is 11.3 Å². The number of hydrogen-bond donors (Lipinski definition) is 1. The summed E-state index contributed by atoms with van der Waals surface area (Å²) in [6.45, 7) is 0.834. The molecule has 1 N–H and O–H groups in total. The van der Waals surface area contributed by atoms with Crippen molar-refractivity contribution in [2.45, 2.75) is 6.42 Å². The van der Waals surface area contributed by atoms with Gasteiger partial charge in [0.25, 0.3) is 0 Å². The number of carbonyl (C=O) groups is 2. The first kappa shape index (κ1) is 13.3. The van der Waals surface area contributed by atoms with E-state index in [4.69, 9.17) is 5.11 Å². The number of thiophene rings is 1. The number of carbonyl (C=O) groups excluding carboxylic acids is 1. The van der Waals surface area contributed by atoms with E-state index in [9.17, 15) is 9.59 Å². The lowest BCUT2D eigenvalue weighted by Gasteiger charge is -2.12. The summed E-state index contributed by atoms with van der Waals surface area (Å²) < 4.78 is 1.02. The lowest BCUT2D eigenvalue weighted by Crippen LogP contribution is -2.28. The van der Waals surface area contributed by atoms with Gasteiger partial charge in [0, 0.05) is 24.0 Å². The van der Waals surface area contributed by atoms with Crippen LogP contribution in [0.15, 0.2) is 22.0 Å². The summed E-state index contributed by atoms with van der Waals surface area (Å²) in [5.41, 5.74) is 0. The molecule has 1 aliphatic heterocycles. The Morgan fingerprint density at radius 1 is 1.50 bits per heavy atom. The molecule has 0 bridgehead atoms. The minimum absolute atomic E-state index is 0.122. The van der Waals surface area contributed by atoms with Crippen molar-refractivity contribution < 1.29 is 14.7 Å². The number of amides is 1. The molecule has 1 amide bonds. The third-order valence-electron chi connectivity index (χ3n) is 2.83. The molecule has 2 rings (SSSR count). The van der Waals surface area contributed by atoms with E-state index in [2.05, 4.69) is 15.9 Å². The van der Waals surface area contributed by atoms with Gasteiger partial charge in [-0.2, -0.15) is 0 Å². The molecule has 2 heterocycles. The van der Waals surface area contributed by atoms with Gasteiger partial charge in [-0.05, 0) is 40.6 Å². The summed E-state index contributed by atoms with van der Waals surface area (Å²) in [5, 5.41) is 8.86. The summed E-state index contributed by atoms with van der Waals surface area (Å²) in [4.78, 5) is 25.2. The average Bonchev–Trinajstić information content (AvgIpc) is 2.94. The quantitative estimate of drug-likeness (QED) is 0.866. The van der Waals surface area contributed by atoms with Crippen LogP contribution in [-0.2, 0) is 9.59 Å². The number of hydrogen-bond acceptors (Lipinski definition) is 3. The number of halogens is 1. The van der Waals surface area contributed by atoms with Crippen molar-refractivity contribution in [2.24, 2.45) is 5.92 Å². The molecule has 0 aliphatic carbocycles. The topological polar surface area (TPSA) is 57.6 Å². The molecule has 1 fully saturated rings. The normalized spacial score (nSPS) is 19.6. The number of nitrogens with zero attached hydrogens (tertiary/aromatic N) is 1. The van der Waals surface area contributed by atoms with E-state index in [1.54, 1.807) is 22.3 Å². The van der Waals surface area contributed by atoms with E-state index in [0.717, 1.165) is 8.66 Å². The summed E-state index contributed by atoms with van der Waals surface area (Å²) in [6, 6.07) is 3.84. The van der Waals surface area contributed by atoms with Gasteiger partial charge in [0.05, 0.1) is 9.70 Å². The summed E-state index contributed by atoms with van der Waals surface area (Å²) in [6.07, 6.45) is 3.80. The molecule has 0 aromatic carbocycles. The fourth-order valence-electron chi connectivity index (χ4n) is 1.84. The van der Waals surface area contributed by atoms with Crippen molar-refractivity contribution in [2.75, 3.05) is 13.1 Å². The number of rotatable bonds is 3. The lowest BCUT2D eigenvalue weighted by atomic mass is 10.1. The summed E-state index contributed by atoms with van der Waals surface area (Å²) in [5.74, 6) is -1.36.